The summed E-state index contributed by atoms with van der Waals surface area (Å²) >= 11 is 3.23. The van der Waals surface area contributed by atoms with Gasteiger partial charge in [0.15, 0.2) is 0 Å². The number of nitrogens with one attached hydrogen (secondary N) is 1. The highest BCUT2D eigenvalue weighted by atomic mass is 79.9. The van der Waals surface area contributed by atoms with E-state index in [1.807, 2.05) is 0 Å². The third kappa shape index (κ3) is 3.65. The summed E-state index contributed by atoms with van der Waals surface area (Å²) in [6, 6.07) is 11.1. The molecule has 2 aromatic carbocycles. The van der Waals surface area contributed by atoms with Gasteiger partial charge >= 0.3 is 0 Å². The molecule has 20 heavy (non-hydrogen) atoms. The van der Waals surface area contributed by atoms with Gasteiger partial charge in [-0.25, -0.2) is 17.5 Å². The van der Waals surface area contributed by atoms with Gasteiger partial charge in [-0.15, -0.1) is 0 Å². The van der Waals surface area contributed by atoms with Crippen LogP contribution in [0.15, 0.2) is 51.8 Å². The van der Waals surface area contributed by atoms with Crippen LogP contribution in [0.2, 0.25) is 0 Å². The van der Waals surface area contributed by atoms with Crippen LogP contribution in [-0.4, -0.2) is 8.42 Å². The van der Waals surface area contributed by atoms with E-state index in [0.29, 0.717) is 15.6 Å². The zero-order valence-electron chi connectivity index (χ0n) is 10.7. The van der Waals surface area contributed by atoms with Crippen molar-refractivity contribution < 1.29 is 12.8 Å². The minimum Gasteiger partial charge on any atom is -0.207 e. The lowest BCUT2D eigenvalue weighted by molar-refractivity contribution is 0.580. The molecule has 0 aromatic heterocycles. The zero-order chi connectivity index (χ0) is 14.8. The van der Waals surface area contributed by atoms with Crippen molar-refractivity contribution in [1.82, 2.24) is 4.72 Å². The molecule has 0 aliphatic carbocycles. The molecule has 0 fully saturated rings. The van der Waals surface area contributed by atoms with Gasteiger partial charge < -0.3 is 0 Å². The third-order valence-electron chi connectivity index (χ3n) is 2.81. The molecular formula is C14H13BrFNO2S. The fourth-order valence-electron chi connectivity index (χ4n) is 1.64. The van der Waals surface area contributed by atoms with Gasteiger partial charge in [0.2, 0.25) is 10.0 Å². The molecule has 3 nitrogen and oxygen atoms in total. The van der Waals surface area contributed by atoms with Gasteiger partial charge in [0, 0.05) is 11.0 Å². The Morgan fingerprint density at radius 1 is 1.20 bits per heavy atom. The minimum absolute atomic E-state index is 0.0477. The molecule has 1 N–H and O–H groups in total. The lowest BCUT2D eigenvalue weighted by atomic mass is 10.1. The summed E-state index contributed by atoms with van der Waals surface area (Å²) in [6.07, 6.45) is 0. The number of aryl methyl sites for hydroxylation is 1. The molecule has 0 saturated heterocycles. The van der Waals surface area contributed by atoms with Gasteiger partial charge in [-0.2, -0.15) is 0 Å². The van der Waals surface area contributed by atoms with E-state index in [9.17, 15) is 12.8 Å². The molecule has 0 heterocycles. The van der Waals surface area contributed by atoms with Gasteiger partial charge in [-0.05, 0) is 42.3 Å². The first-order valence-corrected chi connectivity index (χ1v) is 8.16. The number of sulfonamides is 1. The smallest absolute Gasteiger partial charge is 0.207 e. The van der Waals surface area contributed by atoms with E-state index in [1.165, 1.54) is 18.2 Å². The Morgan fingerprint density at radius 3 is 2.60 bits per heavy atom. The van der Waals surface area contributed by atoms with Crippen LogP contribution in [0, 0.1) is 12.7 Å². The van der Waals surface area contributed by atoms with Crippen LogP contribution in [0.4, 0.5) is 4.39 Å². The van der Waals surface area contributed by atoms with E-state index in [0.717, 1.165) is 0 Å². The predicted molar refractivity (Wildman–Crippen MR) is 79.3 cm³/mol. The van der Waals surface area contributed by atoms with Crippen molar-refractivity contribution >= 4 is 26.0 Å². The Hall–Kier alpha value is -1.24. The fraction of sp³-hybridized carbons (Fsp3) is 0.143. The Labute approximate surface area is 126 Å². The van der Waals surface area contributed by atoms with E-state index in [-0.39, 0.29) is 17.3 Å². The lowest BCUT2D eigenvalue weighted by Gasteiger charge is -2.08. The Bertz CT molecular complexity index is 732. The van der Waals surface area contributed by atoms with E-state index >= 15 is 0 Å². The van der Waals surface area contributed by atoms with E-state index in [2.05, 4.69) is 20.7 Å². The quantitative estimate of drug-likeness (QED) is 0.911. The van der Waals surface area contributed by atoms with E-state index in [1.54, 1.807) is 31.2 Å². The van der Waals surface area contributed by atoms with Crippen LogP contribution < -0.4 is 4.72 Å². The summed E-state index contributed by atoms with van der Waals surface area (Å²) in [5.41, 5.74) is 1.11. The molecule has 2 aromatic rings. The van der Waals surface area contributed by atoms with Crippen molar-refractivity contribution in [1.29, 1.82) is 0 Å². The van der Waals surface area contributed by atoms with Crippen LogP contribution in [-0.2, 0) is 16.6 Å². The summed E-state index contributed by atoms with van der Waals surface area (Å²) in [7, 11) is -3.61. The van der Waals surface area contributed by atoms with Crippen molar-refractivity contribution in [2.24, 2.45) is 0 Å². The van der Waals surface area contributed by atoms with Crippen LogP contribution in [0.5, 0.6) is 0 Å². The van der Waals surface area contributed by atoms with Crippen molar-refractivity contribution in [3.63, 3.8) is 0 Å². The molecule has 0 spiro atoms. The lowest BCUT2D eigenvalue weighted by Crippen LogP contribution is -2.23. The van der Waals surface area contributed by atoms with Crippen LogP contribution in [0.25, 0.3) is 0 Å². The zero-order valence-corrected chi connectivity index (χ0v) is 13.1. The monoisotopic (exact) mass is 357 g/mol. The average Bonchev–Trinajstić information content (AvgIpc) is 2.40. The molecule has 0 aliphatic rings. The number of hydrogen-bond acceptors (Lipinski definition) is 2. The number of benzene rings is 2. The maximum Gasteiger partial charge on any atom is 0.240 e. The molecule has 0 bridgehead atoms. The second-order valence-corrected chi connectivity index (χ2v) is 7.05. The first-order valence-electron chi connectivity index (χ1n) is 5.89. The van der Waals surface area contributed by atoms with Gasteiger partial charge in [-0.3, -0.25) is 0 Å². The third-order valence-corrected chi connectivity index (χ3v) is 4.70. The Balaban J connectivity index is 2.15. The van der Waals surface area contributed by atoms with Gasteiger partial charge in [0.05, 0.1) is 4.90 Å². The van der Waals surface area contributed by atoms with E-state index in [4.69, 9.17) is 0 Å². The second-order valence-electron chi connectivity index (χ2n) is 4.37. The van der Waals surface area contributed by atoms with Crippen molar-refractivity contribution in [2.75, 3.05) is 0 Å². The highest BCUT2D eigenvalue weighted by molar-refractivity contribution is 9.10. The number of rotatable bonds is 4. The van der Waals surface area contributed by atoms with Crippen molar-refractivity contribution in [2.45, 2.75) is 18.4 Å². The molecule has 0 aliphatic heterocycles. The van der Waals surface area contributed by atoms with Crippen molar-refractivity contribution in [3.05, 3.63) is 63.9 Å². The van der Waals surface area contributed by atoms with Gasteiger partial charge in [0.1, 0.15) is 5.82 Å². The summed E-state index contributed by atoms with van der Waals surface area (Å²) in [4.78, 5) is 0.166. The second kappa shape index (κ2) is 6.03. The number of halogens is 2. The summed E-state index contributed by atoms with van der Waals surface area (Å²) in [6.45, 7) is 1.71. The van der Waals surface area contributed by atoms with E-state index < -0.39 is 10.0 Å². The molecule has 0 saturated carbocycles. The van der Waals surface area contributed by atoms with Crippen LogP contribution in [0.3, 0.4) is 0 Å². The predicted octanol–water partition coefficient (Wildman–Crippen LogP) is 3.38. The molecule has 106 valence electrons. The average molecular weight is 358 g/mol. The maximum absolute atomic E-state index is 13.4. The highest BCUT2D eigenvalue weighted by Gasteiger charge is 2.14. The first-order chi connectivity index (χ1) is 9.38. The first kappa shape index (κ1) is 15.2. The normalized spacial score (nSPS) is 11.6. The summed E-state index contributed by atoms with van der Waals surface area (Å²) < 4.78 is 40.7. The molecule has 6 heteroatoms. The molecule has 0 unspecified atom stereocenters. The largest absolute Gasteiger partial charge is 0.240 e. The van der Waals surface area contributed by atoms with Crippen LogP contribution in [0.1, 0.15) is 11.1 Å². The number of hydrogen-bond donors (Lipinski definition) is 1. The SMILES string of the molecule is Cc1ccc(CNS(=O)(=O)c2cccc(Br)c2)cc1F. The fourth-order valence-corrected chi connectivity index (χ4v) is 3.26. The summed E-state index contributed by atoms with van der Waals surface area (Å²) in [5.74, 6) is -0.343. The minimum atomic E-state index is -3.61. The maximum atomic E-state index is 13.4. The Morgan fingerprint density at radius 2 is 1.95 bits per heavy atom. The Kier molecular flexibility index (Phi) is 4.57. The molecule has 0 amide bonds. The molecule has 0 atom stereocenters. The van der Waals surface area contributed by atoms with Gasteiger partial charge in [0.25, 0.3) is 0 Å². The van der Waals surface area contributed by atoms with Gasteiger partial charge in [-0.1, -0.05) is 34.1 Å². The van der Waals surface area contributed by atoms with Crippen molar-refractivity contribution in [3.8, 4) is 0 Å². The standard InChI is InChI=1S/C14H13BrFNO2S/c1-10-5-6-11(7-14(10)16)9-17-20(18,19)13-4-2-3-12(15)8-13/h2-8,17H,9H2,1H3. The van der Waals surface area contributed by atoms with Crippen LogP contribution >= 0.6 is 15.9 Å². The summed E-state index contributed by atoms with van der Waals surface area (Å²) in [5, 5.41) is 0. The highest BCUT2D eigenvalue weighted by Crippen LogP contribution is 2.16. The molecule has 2 rings (SSSR count). The molecule has 0 radical (unpaired) electrons. The molecular weight excluding hydrogens is 345 g/mol. The topological polar surface area (TPSA) is 46.2 Å².